The molecule has 2 rings (SSSR count). The molecule has 2 aromatic rings. The van der Waals surface area contributed by atoms with Crippen LogP contribution in [-0.2, 0) is 12.0 Å². The Labute approximate surface area is 125 Å². The Morgan fingerprint density at radius 2 is 1.95 bits per heavy atom. The van der Waals surface area contributed by atoms with Gasteiger partial charge in [0.2, 0.25) is 0 Å². The van der Waals surface area contributed by atoms with E-state index in [-0.39, 0.29) is 5.54 Å². The number of nitrogens with zero attached hydrogens (tertiary/aromatic N) is 1. The van der Waals surface area contributed by atoms with Gasteiger partial charge in [0.05, 0.1) is 0 Å². The number of rotatable bonds is 7. The first kappa shape index (κ1) is 15.1. The lowest BCUT2D eigenvalue weighted by Gasteiger charge is -2.27. The fourth-order valence-corrected chi connectivity index (χ4v) is 2.35. The molecule has 0 amide bonds. The Morgan fingerprint density at radius 3 is 2.60 bits per heavy atom. The van der Waals surface area contributed by atoms with Gasteiger partial charge in [-0.1, -0.05) is 23.7 Å². The van der Waals surface area contributed by atoms with Crippen LogP contribution >= 0.6 is 11.6 Å². The molecule has 4 heteroatoms. The number of hydrogen-bond acceptors (Lipinski definition) is 2. The van der Waals surface area contributed by atoms with Crippen molar-refractivity contribution in [3.05, 3.63) is 53.1 Å². The molecule has 1 aromatic heterocycles. The van der Waals surface area contributed by atoms with Crippen molar-refractivity contribution >= 4 is 11.6 Å². The van der Waals surface area contributed by atoms with Crippen LogP contribution in [0.5, 0.6) is 0 Å². The van der Waals surface area contributed by atoms with Gasteiger partial charge in [-0.2, -0.15) is 0 Å². The normalized spacial score (nSPS) is 11.8. The average molecular weight is 292 g/mol. The Balaban J connectivity index is 1.73. The molecule has 1 aromatic carbocycles. The number of aryl methyl sites for hydroxylation is 1. The minimum atomic E-state index is -0.0325. The number of hydrogen-bond donors (Lipinski definition) is 2. The molecular formula is C16H22ClN3. The summed E-state index contributed by atoms with van der Waals surface area (Å²) in [5, 5.41) is 4.38. The van der Waals surface area contributed by atoms with Gasteiger partial charge in [0, 0.05) is 29.4 Å². The predicted octanol–water partition coefficient (Wildman–Crippen LogP) is 3.91. The third kappa shape index (κ3) is 4.36. The van der Waals surface area contributed by atoms with Gasteiger partial charge in [-0.3, -0.25) is 0 Å². The van der Waals surface area contributed by atoms with Crippen molar-refractivity contribution in [3.63, 3.8) is 0 Å². The molecule has 3 nitrogen and oxygen atoms in total. The van der Waals surface area contributed by atoms with Gasteiger partial charge in [-0.25, -0.2) is 4.98 Å². The number of aromatic amines is 1. The molecule has 108 valence electrons. The second-order valence-electron chi connectivity index (χ2n) is 5.55. The lowest BCUT2D eigenvalue weighted by molar-refractivity contribution is 0.397. The molecule has 0 fully saturated rings. The summed E-state index contributed by atoms with van der Waals surface area (Å²) < 4.78 is 0. The number of H-pyrrole nitrogens is 1. The van der Waals surface area contributed by atoms with E-state index >= 15 is 0 Å². The first-order valence-corrected chi connectivity index (χ1v) is 7.45. The number of benzene rings is 1. The van der Waals surface area contributed by atoms with Crippen LogP contribution in [-0.4, -0.2) is 16.5 Å². The van der Waals surface area contributed by atoms with E-state index in [4.69, 9.17) is 11.6 Å². The van der Waals surface area contributed by atoms with E-state index in [1.54, 1.807) is 6.20 Å². The third-order valence-electron chi connectivity index (χ3n) is 3.53. The zero-order valence-electron chi connectivity index (χ0n) is 12.1. The Bertz CT molecular complexity index is 503. The van der Waals surface area contributed by atoms with E-state index in [0.717, 1.165) is 36.7 Å². The number of halogens is 1. The topological polar surface area (TPSA) is 40.7 Å². The highest BCUT2D eigenvalue weighted by Crippen LogP contribution is 2.21. The van der Waals surface area contributed by atoms with Crippen molar-refractivity contribution in [2.75, 3.05) is 6.54 Å². The summed E-state index contributed by atoms with van der Waals surface area (Å²) in [6, 6.07) is 8.05. The second-order valence-corrected chi connectivity index (χ2v) is 5.99. The van der Waals surface area contributed by atoms with Crippen molar-refractivity contribution in [1.82, 2.24) is 15.3 Å². The fraction of sp³-hybridized carbons (Fsp3) is 0.438. The van der Waals surface area contributed by atoms with Crippen molar-refractivity contribution in [2.45, 2.75) is 38.6 Å². The third-order valence-corrected chi connectivity index (χ3v) is 3.78. The maximum atomic E-state index is 5.93. The molecule has 0 unspecified atom stereocenters. The van der Waals surface area contributed by atoms with Gasteiger partial charge in [0.15, 0.2) is 0 Å². The first-order valence-electron chi connectivity index (χ1n) is 7.07. The van der Waals surface area contributed by atoms with E-state index in [0.29, 0.717) is 0 Å². The molecule has 0 radical (unpaired) electrons. The maximum Gasteiger partial charge on any atom is 0.105 e. The molecule has 2 N–H and O–H groups in total. The van der Waals surface area contributed by atoms with E-state index in [1.807, 2.05) is 18.3 Å². The van der Waals surface area contributed by atoms with Crippen molar-refractivity contribution < 1.29 is 0 Å². The smallest absolute Gasteiger partial charge is 0.105 e. The number of imidazole rings is 1. The number of nitrogens with one attached hydrogen (secondary N) is 2. The zero-order valence-corrected chi connectivity index (χ0v) is 12.9. The molecule has 0 aliphatic rings. The molecule has 0 aliphatic heterocycles. The lowest BCUT2D eigenvalue weighted by Crippen LogP contribution is -2.37. The summed E-state index contributed by atoms with van der Waals surface area (Å²) >= 11 is 5.93. The van der Waals surface area contributed by atoms with Gasteiger partial charge in [-0.05, 0) is 50.9 Å². The summed E-state index contributed by atoms with van der Waals surface area (Å²) in [7, 11) is 0. The highest BCUT2D eigenvalue weighted by Gasteiger charge is 2.18. The van der Waals surface area contributed by atoms with E-state index in [1.165, 1.54) is 5.56 Å². The van der Waals surface area contributed by atoms with Crippen molar-refractivity contribution in [2.24, 2.45) is 0 Å². The molecule has 0 atom stereocenters. The minimum Gasteiger partial charge on any atom is -0.349 e. The monoisotopic (exact) mass is 291 g/mol. The molecular weight excluding hydrogens is 270 g/mol. The van der Waals surface area contributed by atoms with Crippen LogP contribution in [0, 0.1) is 0 Å². The Morgan fingerprint density at radius 1 is 1.20 bits per heavy atom. The highest BCUT2D eigenvalue weighted by molar-refractivity contribution is 6.30. The van der Waals surface area contributed by atoms with Crippen LogP contribution in [0.15, 0.2) is 36.7 Å². The average Bonchev–Trinajstić information content (AvgIpc) is 2.92. The predicted molar refractivity (Wildman–Crippen MR) is 84.0 cm³/mol. The largest absolute Gasteiger partial charge is 0.349 e. The van der Waals surface area contributed by atoms with Gasteiger partial charge in [0.1, 0.15) is 5.82 Å². The maximum absolute atomic E-state index is 5.93. The molecule has 0 aliphatic carbocycles. The number of unbranched alkanes of at least 4 members (excludes halogenated alkanes) is 1. The van der Waals surface area contributed by atoms with Crippen LogP contribution in [0.25, 0.3) is 0 Å². The standard InChI is InChI=1S/C16H22ClN3/c1-16(2,13-6-8-14(17)9-7-13)20-10-4-3-5-15-18-11-12-19-15/h6-9,11-12,20H,3-5,10H2,1-2H3,(H,18,19). The lowest BCUT2D eigenvalue weighted by atomic mass is 9.94. The molecule has 0 bridgehead atoms. The van der Waals surface area contributed by atoms with Gasteiger partial charge in [-0.15, -0.1) is 0 Å². The number of aromatic nitrogens is 2. The Hall–Kier alpha value is -1.32. The fourth-order valence-electron chi connectivity index (χ4n) is 2.22. The minimum absolute atomic E-state index is 0.0325. The molecule has 1 heterocycles. The van der Waals surface area contributed by atoms with Crippen LogP contribution in [0.1, 0.15) is 38.1 Å². The molecule has 0 saturated heterocycles. The SMILES string of the molecule is CC(C)(NCCCCc1ncc[nH]1)c1ccc(Cl)cc1. The summed E-state index contributed by atoms with van der Waals surface area (Å²) in [6.45, 7) is 5.39. The molecule has 20 heavy (non-hydrogen) atoms. The van der Waals surface area contributed by atoms with E-state index in [9.17, 15) is 0 Å². The Kier molecular flexibility index (Phi) is 5.21. The summed E-state index contributed by atoms with van der Waals surface area (Å²) in [6.07, 6.45) is 6.96. The van der Waals surface area contributed by atoms with Crippen LogP contribution < -0.4 is 5.32 Å². The zero-order chi connectivity index (χ0) is 14.4. The highest BCUT2D eigenvalue weighted by atomic mass is 35.5. The van der Waals surface area contributed by atoms with Crippen LogP contribution in [0.3, 0.4) is 0 Å². The van der Waals surface area contributed by atoms with Crippen LogP contribution in [0.4, 0.5) is 0 Å². The summed E-state index contributed by atoms with van der Waals surface area (Å²) in [5.41, 5.74) is 1.22. The van der Waals surface area contributed by atoms with E-state index < -0.39 is 0 Å². The van der Waals surface area contributed by atoms with Gasteiger partial charge in [0.25, 0.3) is 0 Å². The summed E-state index contributed by atoms with van der Waals surface area (Å²) in [5.74, 6) is 1.07. The molecule has 0 spiro atoms. The van der Waals surface area contributed by atoms with Crippen molar-refractivity contribution in [1.29, 1.82) is 0 Å². The second kappa shape index (κ2) is 6.91. The molecule has 0 saturated carbocycles. The first-order chi connectivity index (χ1) is 9.58. The quantitative estimate of drug-likeness (QED) is 0.759. The van der Waals surface area contributed by atoms with E-state index in [2.05, 4.69) is 41.3 Å². The van der Waals surface area contributed by atoms with Crippen LogP contribution in [0.2, 0.25) is 5.02 Å². The van der Waals surface area contributed by atoms with Gasteiger partial charge >= 0.3 is 0 Å². The van der Waals surface area contributed by atoms with Crippen molar-refractivity contribution in [3.8, 4) is 0 Å². The summed E-state index contributed by atoms with van der Waals surface area (Å²) in [4.78, 5) is 7.36. The van der Waals surface area contributed by atoms with Gasteiger partial charge < -0.3 is 10.3 Å².